The van der Waals surface area contributed by atoms with E-state index in [1.807, 2.05) is 36.4 Å². The van der Waals surface area contributed by atoms with Crippen LogP contribution in [0.5, 0.6) is 0 Å². The van der Waals surface area contributed by atoms with Gasteiger partial charge in [-0.05, 0) is 18.1 Å². The van der Waals surface area contributed by atoms with E-state index in [0.717, 1.165) is 10.5 Å². The van der Waals surface area contributed by atoms with E-state index in [0.29, 0.717) is 24.2 Å². The van der Waals surface area contributed by atoms with Crippen molar-refractivity contribution in [2.24, 2.45) is 0 Å². The molecule has 134 valence electrons. The van der Waals surface area contributed by atoms with Crippen molar-refractivity contribution in [3.05, 3.63) is 71.3 Å². The number of nitrogens with one attached hydrogen (secondary N) is 1. The molecule has 1 heterocycles. The van der Waals surface area contributed by atoms with Gasteiger partial charge in [0.25, 0.3) is 11.8 Å². The maximum Gasteiger partial charge on any atom is 0.267 e. The van der Waals surface area contributed by atoms with Crippen LogP contribution >= 0.6 is 0 Å². The van der Waals surface area contributed by atoms with Crippen molar-refractivity contribution < 1.29 is 14.4 Å². The molecule has 3 amide bonds. The molecular weight excluding hydrogens is 342 g/mol. The summed E-state index contributed by atoms with van der Waals surface area (Å²) in [7, 11) is 0. The molecule has 0 fully saturated rings. The Kier molecular flexibility index (Phi) is 5.13. The number of imide groups is 1. The van der Waals surface area contributed by atoms with Gasteiger partial charge in [0.15, 0.2) is 0 Å². The van der Waals surface area contributed by atoms with Gasteiger partial charge in [0.05, 0.1) is 11.3 Å². The average molecular weight is 359 g/mol. The molecule has 0 saturated carbocycles. The lowest BCUT2D eigenvalue weighted by Gasteiger charge is -2.11. The largest absolute Gasteiger partial charge is 0.351 e. The van der Waals surface area contributed by atoms with Gasteiger partial charge in [-0.1, -0.05) is 48.5 Å². The van der Waals surface area contributed by atoms with Crippen molar-refractivity contribution in [3.63, 3.8) is 0 Å². The van der Waals surface area contributed by atoms with Gasteiger partial charge in [0.1, 0.15) is 11.6 Å². The lowest BCUT2D eigenvalue weighted by molar-refractivity contribution is -0.122. The zero-order valence-corrected chi connectivity index (χ0v) is 14.7. The van der Waals surface area contributed by atoms with Crippen molar-refractivity contribution in [2.75, 3.05) is 11.4 Å². The molecule has 0 saturated heterocycles. The number of anilines is 1. The van der Waals surface area contributed by atoms with Crippen molar-refractivity contribution in [1.82, 2.24) is 5.32 Å². The molecular formula is C21H17N3O3. The Balaban J connectivity index is 1.88. The molecule has 0 bridgehead atoms. The normalized spacial score (nSPS) is 14.4. The van der Waals surface area contributed by atoms with Crippen molar-refractivity contribution in [1.29, 1.82) is 5.26 Å². The highest BCUT2D eigenvalue weighted by Gasteiger charge is 2.38. The van der Waals surface area contributed by atoms with Gasteiger partial charge < -0.3 is 5.32 Å². The number of nitrogens with zero attached hydrogens (tertiary/aromatic N) is 2. The van der Waals surface area contributed by atoms with Crippen LogP contribution in [0, 0.1) is 11.3 Å². The minimum Gasteiger partial charge on any atom is -0.351 e. The number of fused-ring (bicyclic) bond motifs is 1. The van der Waals surface area contributed by atoms with Crippen LogP contribution in [0.15, 0.2) is 60.2 Å². The van der Waals surface area contributed by atoms with E-state index in [9.17, 15) is 19.6 Å². The van der Waals surface area contributed by atoms with E-state index in [4.69, 9.17) is 0 Å². The predicted molar refractivity (Wildman–Crippen MR) is 100 cm³/mol. The molecule has 0 aromatic heterocycles. The number of rotatable bonds is 4. The molecule has 0 unspecified atom stereocenters. The third-order valence-electron chi connectivity index (χ3n) is 4.28. The van der Waals surface area contributed by atoms with E-state index < -0.39 is 17.7 Å². The maximum atomic E-state index is 12.7. The highest BCUT2D eigenvalue weighted by Crippen LogP contribution is 2.38. The van der Waals surface area contributed by atoms with Crippen LogP contribution in [-0.4, -0.2) is 24.3 Å². The van der Waals surface area contributed by atoms with Crippen LogP contribution in [0.25, 0.3) is 5.57 Å². The smallest absolute Gasteiger partial charge is 0.267 e. The molecule has 6 heteroatoms. The van der Waals surface area contributed by atoms with E-state index in [-0.39, 0.29) is 11.1 Å². The first-order chi connectivity index (χ1) is 13.0. The molecule has 1 aliphatic rings. The van der Waals surface area contributed by atoms with Crippen molar-refractivity contribution in [3.8, 4) is 6.07 Å². The minimum absolute atomic E-state index is 0.0412. The zero-order chi connectivity index (χ0) is 19.4. The summed E-state index contributed by atoms with van der Waals surface area (Å²) >= 11 is 0. The number of benzene rings is 2. The lowest BCUT2D eigenvalue weighted by atomic mass is 10.0. The average Bonchev–Trinajstić information content (AvgIpc) is 2.96. The minimum atomic E-state index is -0.654. The Hall–Kier alpha value is -3.72. The fourth-order valence-corrected chi connectivity index (χ4v) is 3.04. The van der Waals surface area contributed by atoms with Crippen LogP contribution in [0.2, 0.25) is 0 Å². The molecule has 2 aromatic rings. The number of hydrogen-bond donors (Lipinski definition) is 1. The van der Waals surface area contributed by atoms with Crippen LogP contribution in [0.4, 0.5) is 5.69 Å². The molecule has 1 aliphatic heterocycles. The third kappa shape index (κ3) is 3.48. The lowest BCUT2D eigenvalue weighted by Crippen LogP contribution is -2.33. The van der Waals surface area contributed by atoms with Crippen LogP contribution < -0.4 is 10.2 Å². The summed E-state index contributed by atoms with van der Waals surface area (Å²) < 4.78 is 0. The van der Waals surface area contributed by atoms with Crippen LogP contribution in [0.1, 0.15) is 18.1 Å². The van der Waals surface area contributed by atoms with Crippen molar-refractivity contribution >= 4 is 29.0 Å². The Labute approximate surface area is 156 Å². The van der Waals surface area contributed by atoms with Gasteiger partial charge >= 0.3 is 0 Å². The van der Waals surface area contributed by atoms with E-state index in [2.05, 4.69) is 5.32 Å². The molecule has 27 heavy (non-hydrogen) atoms. The standard InChI is InChI=1S/C21H17N3O3/c1-14(25)24-18-10-6-5-9-16(18)19(21(24)27)17(13-22)20(26)23-12-11-15-7-3-2-4-8-15/h2-10H,11-12H2,1H3,(H,23,26)/b19-17+. The van der Waals surface area contributed by atoms with Crippen LogP contribution in [-0.2, 0) is 20.8 Å². The molecule has 3 rings (SSSR count). The monoisotopic (exact) mass is 359 g/mol. The fourth-order valence-electron chi connectivity index (χ4n) is 3.04. The number of carbonyl (C=O) groups is 3. The van der Waals surface area contributed by atoms with Gasteiger partial charge in [-0.25, -0.2) is 4.90 Å². The summed E-state index contributed by atoms with van der Waals surface area (Å²) in [5, 5.41) is 12.2. The highest BCUT2D eigenvalue weighted by atomic mass is 16.2. The highest BCUT2D eigenvalue weighted by molar-refractivity contribution is 6.42. The van der Waals surface area contributed by atoms with E-state index >= 15 is 0 Å². The van der Waals surface area contributed by atoms with Gasteiger partial charge in [0.2, 0.25) is 5.91 Å². The van der Waals surface area contributed by atoms with Gasteiger partial charge in [-0.15, -0.1) is 0 Å². The molecule has 0 radical (unpaired) electrons. The van der Waals surface area contributed by atoms with E-state index in [1.54, 1.807) is 24.3 Å². The van der Waals surface area contributed by atoms with Crippen molar-refractivity contribution in [2.45, 2.75) is 13.3 Å². The Morgan fingerprint density at radius 3 is 2.41 bits per heavy atom. The van der Waals surface area contributed by atoms with Gasteiger partial charge in [-0.3, -0.25) is 14.4 Å². The molecule has 0 atom stereocenters. The maximum absolute atomic E-state index is 12.7. The Morgan fingerprint density at radius 1 is 1.07 bits per heavy atom. The third-order valence-corrected chi connectivity index (χ3v) is 4.28. The first-order valence-corrected chi connectivity index (χ1v) is 8.45. The first-order valence-electron chi connectivity index (χ1n) is 8.45. The summed E-state index contributed by atoms with van der Waals surface area (Å²) in [5.74, 6) is -1.75. The summed E-state index contributed by atoms with van der Waals surface area (Å²) in [6.07, 6.45) is 0.602. The topological polar surface area (TPSA) is 90.3 Å². The summed E-state index contributed by atoms with van der Waals surface area (Å²) in [5.41, 5.74) is 1.51. The molecule has 6 nitrogen and oxygen atoms in total. The summed E-state index contributed by atoms with van der Waals surface area (Å²) in [6.45, 7) is 1.59. The second-order valence-electron chi connectivity index (χ2n) is 6.03. The molecule has 1 N–H and O–H groups in total. The first kappa shape index (κ1) is 18.1. The second kappa shape index (κ2) is 7.67. The number of carbonyl (C=O) groups excluding carboxylic acids is 3. The quantitative estimate of drug-likeness (QED) is 0.669. The van der Waals surface area contributed by atoms with Gasteiger partial charge in [-0.2, -0.15) is 5.26 Å². The SMILES string of the molecule is CC(=O)N1C(=O)/C(=C(\C#N)C(=O)NCCc2ccccc2)c2ccccc21. The number of nitriles is 1. The number of hydrogen-bond acceptors (Lipinski definition) is 4. The zero-order valence-electron chi connectivity index (χ0n) is 14.7. The summed E-state index contributed by atoms with van der Waals surface area (Å²) in [4.78, 5) is 38.1. The Bertz CT molecular complexity index is 987. The molecule has 0 spiro atoms. The predicted octanol–water partition coefficient (Wildman–Crippen LogP) is 2.22. The second-order valence-corrected chi connectivity index (χ2v) is 6.03. The fraction of sp³-hybridized carbons (Fsp3) is 0.143. The number of para-hydroxylation sites is 1. The number of amides is 3. The molecule has 0 aliphatic carbocycles. The Morgan fingerprint density at radius 2 is 1.74 bits per heavy atom. The van der Waals surface area contributed by atoms with Crippen LogP contribution in [0.3, 0.4) is 0 Å². The molecule has 2 aromatic carbocycles. The van der Waals surface area contributed by atoms with E-state index in [1.165, 1.54) is 6.92 Å². The summed E-state index contributed by atoms with van der Waals surface area (Å²) in [6, 6.07) is 18.1. The van der Waals surface area contributed by atoms with Gasteiger partial charge in [0, 0.05) is 19.0 Å².